The Kier molecular flexibility index (Phi) is 5.80. The van der Waals surface area contributed by atoms with Crippen molar-refractivity contribution in [1.29, 1.82) is 0 Å². The third-order valence-corrected chi connectivity index (χ3v) is 6.23. The number of benzene rings is 3. The molecular formula is C28H25NO5. The van der Waals surface area contributed by atoms with Gasteiger partial charge in [-0.3, -0.25) is 9.59 Å². The van der Waals surface area contributed by atoms with Gasteiger partial charge in [0.05, 0.1) is 6.42 Å². The number of aryl methyl sites for hydroxylation is 1. The van der Waals surface area contributed by atoms with E-state index in [2.05, 4.69) is 4.57 Å². The second-order valence-corrected chi connectivity index (χ2v) is 8.46. The van der Waals surface area contributed by atoms with Gasteiger partial charge in [0, 0.05) is 23.5 Å². The number of nitrogens with zero attached hydrogens (tertiary/aromatic N) is 1. The molecule has 0 saturated heterocycles. The van der Waals surface area contributed by atoms with Gasteiger partial charge in [0.25, 0.3) is 0 Å². The van der Waals surface area contributed by atoms with Gasteiger partial charge in [0.1, 0.15) is 0 Å². The van der Waals surface area contributed by atoms with Gasteiger partial charge in [0.15, 0.2) is 18.1 Å². The number of ketones is 1. The van der Waals surface area contributed by atoms with Crippen molar-refractivity contribution in [3.63, 3.8) is 0 Å². The molecule has 2 heterocycles. The topological polar surface area (TPSA) is 66.8 Å². The number of ether oxygens (including phenoxy) is 3. The first-order chi connectivity index (χ1) is 16.5. The molecule has 34 heavy (non-hydrogen) atoms. The van der Waals surface area contributed by atoms with E-state index in [0.29, 0.717) is 12.1 Å². The molecule has 172 valence electrons. The summed E-state index contributed by atoms with van der Waals surface area (Å²) in [6, 6.07) is 21.4. The van der Waals surface area contributed by atoms with Crippen LogP contribution in [-0.2, 0) is 22.5 Å². The predicted molar refractivity (Wildman–Crippen MR) is 129 cm³/mol. The van der Waals surface area contributed by atoms with Crippen LogP contribution >= 0.6 is 0 Å². The van der Waals surface area contributed by atoms with E-state index in [4.69, 9.17) is 14.2 Å². The summed E-state index contributed by atoms with van der Waals surface area (Å²) >= 11 is 0. The van der Waals surface area contributed by atoms with Gasteiger partial charge in [-0.1, -0.05) is 48.5 Å². The Labute approximate surface area is 197 Å². The first-order valence-corrected chi connectivity index (χ1v) is 11.2. The Morgan fingerprint density at radius 1 is 0.941 bits per heavy atom. The van der Waals surface area contributed by atoms with Gasteiger partial charge < -0.3 is 18.8 Å². The van der Waals surface area contributed by atoms with E-state index in [1.807, 2.05) is 80.6 Å². The zero-order valence-corrected chi connectivity index (χ0v) is 19.2. The number of hydrogen-bond acceptors (Lipinski definition) is 5. The Morgan fingerprint density at radius 3 is 2.62 bits per heavy atom. The highest BCUT2D eigenvalue weighted by Crippen LogP contribution is 2.33. The van der Waals surface area contributed by atoms with E-state index in [-0.39, 0.29) is 25.6 Å². The quantitative estimate of drug-likeness (QED) is 0.290. The third-order valence-electron chi connectivity index (χ3n) is 6.23. The molecule has 0 aliphatic carbocycles. The van der Waals surface area contributed by atoms with Crippen LogP contribution in [0.1, 0.15) is 32.9 Å². The van der Waals surface area contributed by atoms with E-state index >= 15 is 0 Å². The fourth-order valence-electron chi connectivity index (χ4n) is 4.43. The third kappa shape index (κ3) is 4.27. The van der Waals surface area contributed by atoms with Crippen LogP contribution in [0.15, 0.2) is 66.7 Å². The van der Waals surface area contributed by atoms with E-state index < -0.39 is 5.97 Å². The van der Waals surface area contributed by atoms with Crippen molar-refractivity contribution in [3.8, 4) is 11.5 Å². The number of rotatable bonds is 7. The predicted octanol–water partition coefficient (Wildman–Crippen LogP) is 5.00. The molecule has 3 aromatic carbocycles. The standard InChI is InChI=1S/C28H25NO5/c1-18-12-24(19(2)29(18)15-20-10-11-26-27(13-20)34-17-33-26)25(30)16-32-28(31)14-22-8-5-7-21-6-3-4-9-23(21)22/h3-13H,14-17H2,1-2H3. The Morgan fingerprint density at radius 2 is 1.74 bits per heavy atom. The first kappa shape index (κ1) is 21.8. The monoisotopic (exact) mass is 455 g/mol. The van der Waals surface area contributed by atoms with Crippen LogP contribution in [0.25, 0.3) is 10.8 Å². The molecule has 1 aliphatic rings. The van der Waals surface area contributed by atoms with Gasteiger partial charge in [-0.25, -0.2) is 0 Å². The average Bonchev–Trinajstić information content (AvgIpc) is 3.42. The lowest BCUT2D eigenvalue weighted by molar-refractivity contribution is -0.141. The summed E-state index contributed by atoms with van der Waals surface area (Å²) in [5.41, 5.74) is 4.30. The molecule has 5 rings (SSSR count). The zero-order chi connectivity index (χ0) is 23.7. The molecule has 0 saturated carbocycles. The molecule has 6 heteroatoms. The number of esters is 1. The minimum absolute atomic E-state index is 0.123. The molecule has 6 nitrogen and oxygen atoms in total. The Bertz CT molecular complexity index is 1400. The number of aromatic nitrogens is 1. The maximum Gasteiger partial charge on any atom is 0.310 e. The molecule has 0 unspecified atom stereocenters. The van der Waals surface area contributed by atoms with Crippen LogP contribution in [0.3, 0.4) is 0 Å². The zero-order valence-electron chi connectivity index (χ0n) is 19.2. The van der Waals surface area contributed by atoms with Crippen molar-refractivity contribution in [2.45, 2.75) is 26.8 Å². The van der Waals surface area contributed by atoms with Crippen LogP contribution in [0.4, 0.5) is 0 Å². The minimum Gasteiger partial charge on any atom is -0.457 e. The van der Waals surface area contributed by atoms with Crippen molar-refractivity contribution in [1.82, 2.24) is 4.57 Å². The van der Waals surface area contributed by atoms with E-state index in [9.17, 15) is 9.59 Å². The summed E-state index contributed by atoms with van der Waals surface area (Å²) in [5.74, 6) is 0.843. The summed E-state index contributed by atoms with van der Waals surface area (Å²) in [7, 11) is 0. The molecule has 0 fully saturated rings. The molecule has 0 atom stereocenters. The molecule has 0 amide bonds. The molecule has 0 N–H and O–H groups in total. The van der Waals surface area contributed by atoms with Gasteiger partial charge >= 0.3 is 5.97 Å². The highest BCUT2D eigenvalue weighted by molar-refractivity contribution is 5.99. The lowest BCUT2D eigenvalue weighted by Gasteiger charge is -2.11. The van der Waals surface area contributed by atoms with E-state index in [1.165, 1.54) is 0 Å². The molecule has 4 aromatic rings. The highest BCUT2D eigenvalue weighted by atomic mass is 16.7. The van der Waals surface area contributed by atoms with Crippen LogP contribution in [0.5, 0.6) is 11.5 Å². The van der Waals surface area contributed by atoms with Crippen molar-refractivity contribution in [2.75, 3.05) is 13.4 Å². The maximum absolute atomic E-state index is 12.9. The summed E-state index contributed by atoms with van der Waals surface area (Å²) in [4.78, 5) is 25.4. The molecule has 0 bridgehead atoms. The average molecular weight is 456 g/mol. The van der Waals surface area contributed by atoms with Gasteiger partial charge in [-0.15, -0.1) is 0 Å². The van der Waals surface area contributed by atoms with E-state index in [0.717, 1.165) is 44.8 Å². The van der Waals surface area contributed by atoms with Crippen molar-refractivity contribution < 1.29 is 23.8 Å². The van der Waals surface area contributed by atoms with Crippen LogP contribution in [-0.4, -0.2) is 29.7 Å². The molecule has 1 aromatic heterocycles. The van der Waals surface area contributed by atoms with Crippen LogP contribution in [0.2, 0.25) is 0 Å². The second-order valence-electron chi connectivity index (χ2n) is 8.46. The smallest absolute Gasteiger partial charge is 0.310 e. The molecule has 0 spiro atoms. The normalized spacial score (nSPS) is 12.2. The number of hydrogen-bond donors (Lipinski definition) is 0. The number of carbonyl (C=O) groups is 2. The maximum atomic E-state index is 12.9. The van der Waals surface area contributed by atoms with Crippen LogP contribution < -0.4 is 9.47 Å². The summed E-state index contributed by atoms with van der Waals surface area (Å²) in [6.45, 7) is 4.42. The summed E-state index contributed by atoms with van der Waals surface area (Å²) < 4.78 is 18.3. The fourth-order valence-corrected chi connectivity index (χ4v) is 4.43. The van der Waals surface area contributed by atoms with Crippen LogP contribution in [0, 0.1) is 13.8 Å². The Hall–Kier alpha value is -4.06. The number of Topliss-reactive ketones (excluding diaryl/α,β-unsaturated/α-hetero) is 1. The number of carbonyl (C=O) groups excluding carboxylic acids is 2. The number of fused-ring (bicyclic) bond motifs is 2. The van der Waals surface area contributed by atoms with Crippen molar-refractivity contribution in [2.24, 2.45) is 0 Å². The summed E-state index contributed by atoms with van der Waals surface area (Å²) in [6.07, 6.45) is 0.123. The fraction of sp³-hybridized carbons (Fsp3) is 0.214. The molecular weight excluding hydrogens is 430 g/mol. The van der Waals surface area contributed by atoms with Gasteiger partial charge in [-0.2, -0.15) is 0 Å². The molecule has 1 aliphatic heterocycles. The van der Waals surface area contributed by atoms with Gasteiger partial charge in [0.2, 0.25) is 12.6 Å². The van der Waals surface area contributed by atoms with E-state index in [1.54, 1.807) is 0 Å². The minimum atomic E-state index is -0.418. The van der Waals surface area contributed by atoms with Crippen molar-refractivity contribution >= 4 is 22.5 Å². The molecule has 0 radical (unpaired) electrons. The lowest BCUT2D eigenvalue weighted by atomic mass is 10.0. The summed E-state index contributed by atoms with van der Waals surface area (Å²) in [5, 5.41) is 2.08. The lowest BCUT2D eigenvalue weighted by Crippen LogP contribution is -2.16. The van der Waals surface area contributed by atoms with Crippen molar-refractivity contribution in [3.05, 3.63) is 94.8 Å². The Balaban J connectivity index is 1.25. The SMILES string of the molecule is Cc1cc(C(=O)COC(=O)Cc2cccc3ccccc23)c(C)n1Cc1ccc2c(c1)OCO2. The largest absolute Gasteiger partial charge is 0.457 e. The first-order valence-electron chi connectivity index (χ1n) is 11.2. The second kappa shape index (κ2) is 9.06. The van der Waals surface area contributed by atoms with Gasteiger partial charge in [-0.05, 0) is 53.9 Å². The highest BCUT2D eigenvalue weighted by Gasteiger charge is 2.19.